The molecular formula is C31H31N5O9S. The number of nitro benzene ring substituents is 1. The highest BCUT2D eigenvalue weighted by atomic mass is 32.1. The third-order valence-electron chi connectivity index (χ3n) is 8.69. The number of hydrogen-bond donors (Lipinski definition) is 6. The summed E-state index contributed by atoms with van der Waals surface area (Å²) in [5.74, 6) is -7.22. The molecule has 0 unspecified atom stereocenters. The molecule has 46 heavy (non-hydrogen) atoms. The summed E-state index contributed by atoms with van der Waals surface area (Å²) in [6.45, 7) is 0. The van der Waals surface area contributed by atoms with E-state index < -0.39 is 68.7 Å². The number of Topliss-reactive ketones (excluding diaryl/α,β-unsaturated/α-hetero) is 2. The van der Waals surface area contributed by atoms with Gasteiger partial charge in [-0.05, 0) is 44.5 Å². The summed E-state index contributed by atoms with van der Waals surface area (Å²) in [5.41, 5.74) is 2.96. The standard InChI is InChI=1S/C30H27N5O9S.CH4/c1-34(2)22-16-10-14-8-13-6-7-17(32-29-33-18(11-45-29)12-4-3-5-15(9-12)35(43)44)23(36)19(13)24(37)20(14)26(39)30(16,42)27(40)21(25(22)38)28(31)41;/h3-7,9,11,14,16,22,36-37,40,42H,8,10H2,1-2H3,(H2,31,41)(H,32,33);1H4/t14-,16-,22-,30-;/m0./s1. The van der Waals surface area contributed by atoms with Crippen LogP contribution in [0.25, 0.3) is 17.0 Å². The van der Waals surface area contributed by atoms with Gasteiger partial charge in [0.05, 0.1) is 27.9 Å². The zero-order valence-corrected chi connectivity index (χ0v) is 24.7. The number of anilines is 2. The number of phenols is 1. The fourth-order valence-electron chi connectivity index (χ4n) is 6.68. The number of nitro groups is 1. The molecule has 1 aromatic heterocycles. The molecule has 7 N–H and O–H groups in total. The molecule has 0 radical (unpaired) electrons. The number of aromatic nitrogens is 1. The fourth-order valence-corrected chi connectivity index (χ4v) is 7.41. The summed E-state index contributed by atoms with van der Waals surface area (Å²) in [7, 11) is 3.07. The van der Waals surface area contributed by atoms with Crippen molar-refractivity contribution in [1.82, 2.24) is 9.88 Å². The van der Waals surface area contributed by atoms with E-state index in [1.165, 1.54) is 42.5 Å². The van der Waals surface area contributed by atoms with Gasteiger partial charge < -0.3 is 31.5 Å². The third kappa shape index (κ3) is 4.71. The number of phenolic OH excluding ortho intramolecular Hbond substituents is 1. The number of amides is 1. The number of nitrogens with two attached hydrogens (primary N) is 1. The molecular weight excluding hydrogens is 618 g/mol. The van der Waals surface area contributed by atoms with E-state index in [0.717, 1.165) is 0 Å². The molecule has 1 amide bonds. The van der Waals surface area contributed by atoms with Gasteiger partial charge in [-0.1, -0.05) is 25.6 Å². The van der Waals surface area contributed by atoms with Crippen LogP contribution in [0, 0.1) is 22.0 Å². The fraction of sp³-hybridized carbons (Fsp3) is 0.290. The van der Waals surface area contributed by atoms with Crippen molar-refractivity contribution in [2.75, 3.05) is 19.4 Å². The maximum atomic E-state index is 14.0. The van der Waals surface area contributed by atoms with Gasteiger partial charge in [-0.15, -0.1) is 11.3 Å². The number of carbonyl (C=O) groups excluding carboxylic acids is 3. The lowest BCUT2D eigenvalue weighted by molar-refractivity contribution is -0.384. The monoisotopic (exact) mass is 649 g/mol. The average Bonchev–Trinajstić information content (AvgIpc) is 3.45. The maximum Gasteiger partial charge on any atom is 0.270 e. The van der Waals surface area contributed by atoms with Crippen molar-refractivity contribution in [3.63, 3.8) is 0 Å². The molecule has 3 aromatic rings. The quantitative estimate of drug-likeness (QED) is 0.0977. The number of nitrogens with zero attached hydrogens (tertiary/aromatic N) is 3. The number of ketones is 2. The molecule has 0 saturated heterocycles. The number of aliphatic hydroxyl groups excluding tert-OH is 2. The number of likely N-dealkylation sites (N-methyl/N-ethyl adjacent to an activating group) is 1. The Hall–Kier alpha value is -5.12. The van der Waals surface area contributed by atoms with Crippen LogP contribution >= 0.6 is 11.3 Å². The van der Waals surface area contributed by atoms with E-state index in [-0.39, 0.29) is 42.8 Å². The smallest absolute Gasteiger partial charge is 0.270 e. The van der Waals surface area contributed by atoms with Gasteiger partial charge in [-0.2, -0.15) is 0 Å². The summed E-state index contributed by atoms with van der Waals surface area (Å²) < 4.78 is 0. The summed E-state index contributed by atoms with van der Waals surface area (Å²) in [4.78, 5) is 55.9. The van der Waals surface area contributed by atoms with Gasteiger partial charge in [0, 0.05) is 34.6 Å². The molecule has 0 bridgehead atoms. The Morgan fingerprint density at radius 2 is 1.91 bits per heavy atom. The first-order chi connectivity index (χ1) is 21.2. The van der Waals surface area contributed by atoms with Crippen LogP contribution in [0.4, 0.5) is 16.5 Å². The molecule has 3 aliphatic carbocycles. The van der Waals surface area contributed by atoms with Crippen molar-refractivity contribution in [2.24, 2.45) is 17.6 Å². The van der Waals surface area contributed by atoms with E-state index >= 15 is 0 Å². The predicted molar refractivity (Wildman–Crippen MR) is 168 cm³/mol. The minimum absolute atomic E-state index is 0. The largest absolute Gasteiger partial charge is 0.508 e. The van der Waals surface area contributed by atoms with Crippen molar-refractivity contribution in [2.45, 2.75) is 31.9 Å². The molecule has 240 valence electrons. The first-order valence-corrected chi connectivity index (χ1v) is 14.6. The number of carbonyl (C=O) groups is 3. The lowest BCUT2D eigenvalue weighted by Gasteiger charge is -2.50. The molecule has 1 fully saturated rings. The molecule has 0 spiro atoms. The van der Waals surface area contributed by atoms with Gasteiger partial charge in [-0.25, -0.2) is 4.98 Å². The Morgan fingerprint density at radius 3 is 2.57 bits per heavy atom. The van der Waals surface area contributed by atoms with Crippen LogP contribution in [0.3, 0.4) is 0 Å². The molecule has 6 rings (SSSR count). The number of aromatic hydroxyl groups is 1. The minimum atomic E-state index is -2.72. The number of primary amides is 1. The van der Waals surface area contributed by atoms with E-state index in [4.69, 9.17) is 5.73 Å². The lowest BCUT2D eigenvalue weighted by Crippen LogP contribution is -2.65. The van der Waals surface area contributed by atoms with E-state index in [0.29, 0.717) is 22.0 Å². The Kier molecular flexibility index (Phi) is 7.96. The predicted octanol–water partition coefficient (Wildman–Crippen LogP) is 3.38. The van der Waals surface area contributed by atoms with Gasteiger partial charge in [0.2, 0.25) is 5.78 Å². The molecule has 2 aromatic carbocycles. The Balaban J connectivity index is 0.00000417. The van der Waals surface area contributed by atoms with Gasteiger partial charge in [0.15, 0.2) is 16.5 Å². The summed E-state index contributed by atoms with van der Waals surface area (Å²) in [6, 6.07) is 8.03. The van der Waals surface area contributed by atoms with Crippen LogP contribution in [0.5, 0.6) is 5.75 Å². The number of nitrogens with one attached hydrogen (secondary N) is 1. The van der Waals surface area contributed by atoms with Crippen molar-refractivity contribution in [3.8, 4) is 17.0 Å². The Bertz CT molecular complexity index is 1900. The van der Waals surface area contributed by atoms with Crippen molar-refractivity contribution < 1.29 is 39.7 Å². The second kappa shape index (κ2) is 11.3. The first kappa shape index (κ1) is 32.3. The third-order valence-corrected chi connectivity index (χ3v) is 9.45. The van der Waals surface area contributed by atoms with Crippen molar-refractivity contribution in [1.29, 1.82) is 0 Å². The van der Waals surface area contributed by atoms with Crippen LogP contribution in [0.15, 0.2) is 58.7 Å². The van der Waals surface area contributed by atoms with Crippen LogP contribution in [-0.4, -0.2) is 78.4 Å². The zero-order chi connectivity index (χ0) is 32.5. The van der Waals surface area contributed by atoms with E-state index in [1.54, 1.807) is 29.6 Å². The second-order valence-corrected chi connectivity index (χ2v) is 12.3. The number of rotatable bonds is 6. The van der Waals surface area contributed by atoms with Gasteiger partial charge in [0.25, 0.3) is 11.6 Å². The van der Waals surface area contributed by atoms with E-state index in [2.05, 4.69) is 10.3 Å². The Labute approximate surface area is 266 Å². The summed E-state index contributed by atoms with van der Waals surface area (Å²) in [6.07, 6.45) is 0.155. The SMILES string of the molecule is C.CN(C)[C@@H]1C(=O)C(C(N)=O)=C(O)[C@@]2(O)C(=O)C3=C(O)c4c(ccc(Nc5nc(-c6cccc([N+](=O)[O-])c6)cs5)c4O)C[C@H]3C[C@@H]12. The summed E-state index contributed by atoms with van der Waals surface area (Å²) in [5, 5.41) is 61.6. The molecule has 14 nitrogen and oxygen atoms in total. The van der Waals surface area contributed by atoms with E-state index in [1.807, 2.05) is 0 Å². The highest BCUT2D eigenvalue weighted by Crippen LogP contribution is 2.53. The maximum absolute atomic E-state index is 14.0. The number of benzene rings is 2. The van der Waals surface area contributed by atoms with Gasteiger partial charge >= 0.3 is 0 Å². The molecule has 1 heterocycles. The second-order valence-electron chi connectivity index (χ2n) is 11.4. The van der Waals surface area contributed by atoms with Gasteiger partial charge in [0.1, 0.15) is 22.8 Å². The molecule has 4 atom stereocenters. The highest BCUT2D eigenvalue weighted by Gasteiger charge is 2.64. The van der Waals surface area contributed by atoms with Crippen molar-refractivity contribution in [3.05, 3.63) is 79.9 Å². The minimum Gasteiger partial charge on any atom is -0.508 e. The molecule has 3 aliphatic rings. The lowest BCUT2D eigenvalue weighted by atomic mass is 9.57. The zero-order valence-electron chi connectivity index (χ0n) is 23.8. The molecule has 0 aliphatic heterocycles. The van der Waals surface area contributed by atoms with Crippen LogP contribution in [0.2, 0.25) is 0 Å². The number of non-ortho nitro benzene ring substituents is 1. The topological polar surface area (TPSA) is 229 Å². The normalized spacial score (nSPS) is 23.8. The summed E-state index contributed by atoms with van der Waals surface area (Å²) >= 11 is 1.17. The first-order valence-electron chi connectivity index (χ1n) is 13.7. The molecule has 15 heteroatoms. The molecule has 1 saturated carbocycles. The van der Waals surface area contributed by atoms with Crippen LogP contribution < -0.4 is 11.1 Å². The van der Waals surface area contributed by atoms with Crippen molar-refractivity contribution >= 4 is 51.1 Å². The number of thiazole rings is 1. The van der Waals surface area contributed by atoms with E-state index in [9.17, 15) is 44.9 Å². The van der Waals surface area contributed by atoms with Gasteiger partial charge in [-0.3, -0.25) is 29.4 Å². The number of fused-ring (bicyclic) bond motifs is 3. The van der Waals surface area contributed by atoms with Crippen LogP contribution in [-0.2, 0) is 20.8 Å². The highest BCUT2D eigenvalue weighted by molar-refractivity contribution is 7.14. The average molecular weight is 650 g/mol. The van der Waals surface area contributed by atoms with Crippen LogP contribution in [0.1, 0.15) is 25.0 Å². The number of aliphatic hydroxyl groups is 3. The number of hydrogen-bond acceptors (Lipinski definition) is 13. The Morgan fingerprint density at radius 1 is 1.20 bits per heavy atom.